The fourth-order valence-electron chi connectivity index (χ4n) is 2.00. The van der Waals surface area contributed by atoms with Crippen LogP contribution in [0.2, 0.25) is 0 Å². The van der Waals surface area contributed by atoms with Crippen LogP contribution in [0.15, 0.2) is 58.8 Å². The number of nitrogens with one attached hydrogen (secondary N) is 1. The number of aliphatic imine (C=N–C) groups is 1. The van der Waals surface area contributed by atoms with Gasteiger partial charge in [0.05, 0.1) is 5.69 Å². The minimum Gasteiger partial charge on any atom is -0.319 e. The average molecular weight is 381 g/mol. The molecule has 0 saturated carbocycles. The van der Waals surface area contributed by atoms with Crippen LogP contribution in [0.5, 0.6) is 0 Å². The van der Waals surface area contributed by atoms with Crippen molar-refractivity contribution in [3.05, 3.63) is 59.5 Å². The third-order valence-corrected chi connectivity index (χ3v) is 5.35. The number of nitrogens with zero attached hydrogens (tertiary/aromatic N) is 3. The second kappa shape index (κ2) is 8.09. The van der Waals surface area contributed by atoms with Crippen LogP contribution in [0, 0.1) is 0 Å². The molecule has 0 aromatic carbocycles. The number of hydrogen-bond acceptors (Lipinski definition) is 5. The maximum Gasteiger partial charge on any atom is 0.274 e. The topological polar surface area (TPSA) is 93.4 Å². The Bertz CT molecular complexity index is 918. The summed E-state index contributed by atoms with van der Waals surface area (Å²) in [5, 5.41) is 2.49. The van der Waals surface area contributed by atoms with Gasteiger partial charge in [-0.2, -0.15) is 0 Å². The Morgan fingerprint density at radius 2 is 2.16 bits per heavy atom. The van der Waals surface area contributed by atoms with E-state index in [4.69, 9.17) is 11.6 Å². The summed E-state index contributed by atoms with van der Waals surface area (Å²) in [6.45, 7) is 1.80. The Morgan fingerprint density at radius 3 is 2.76 bits per heavy atom. The predicted molar refractivity (Wildman–Crippen MR) is 98.5 cm³/mol. The summed E-state index contributed by atoms with van der Waals surface area (Å²) in [7, 11) is -2.49. The Kier molecular flexibility index (Phi) is 6.11. The van der Waals surface area contributed by atoms with Gasteiger partial charge in [0.2, 0.25) is 0 Å². The molecule has 2 heterocycles. The van der Waals surface area contributed by atoms with Gasteiger partial charge in [-0.1, -0.05) is 30.7 Å². The number of rotatable bonds is 6. The van der Waals surface area contributed by atoms with Crippen molar-refractivity contribution >= 4 is 38.4 Å². The molecule has 0 fully saturated rings. The minimum absolute atomic E-state index is 0.0858. The maximum absolute atomic E-state index is 12.7. The molecule has 0 aliphatic heterocycles. The first-order valence-corrected chi connectivity index (χ1v) is 9.20. The van der Waals surface area contributed by atoms with Gasteiger partial charge in [-0.25, -0.2) is 12.4 Å². The number of amides is 1. The van der Waals surface area contributed by atoms with Gasteiger partial charge in [-0.05, 0) is 24.6 Å². The standard InChI is InChI=1S/C16H17ClN4O3S/c1-3-6-14(15(17)18-2)25(23,24)21-10-8-12(11-21)20-16(22)13-7-4-5-9-19-13/h4-11H,3H2,1-2H3,(H,20,22)/b14-6+,18-15?. The van der Waals surface area contributed by atoms with E-state index in [0.29, 0.717) is 12.1 Å². The second-order valence-electron chi connectivity index (χ2n) is 4.90. The van der Waals surface area contributed by atoms with Crippen molar-refractivity contribution in [1.82, 2.24) is 8.96 Å². The molecule has 132 valence electrons. The van der Waals surface area contributed by atoms with Crippen molar-refractivity contribution in [3.8, 4) is 0 Å². The molecule has 1 amide bonds. The molecule has 0 aliphatic rings. The smallest absolute Gasteiger partial charge is 0.274 e. The average Bonchev–Trinajstić information content (AvgIpc) is 3.09. The molecule has 2 rings (SSSR count). The van der Waals surface area contributed by atoms with E-state index in [1.54, 1.807) is 25.1 Å². The molecular formula is C16H17ClN4O3S. The van der Waals surface area contributed by atoms with E-state index in [9.17, 15) is 13.2 Å². The van der Waals surface area contributed by atoms with Crippen molar-refractivity contribution in [2.45, 2.75) is 13.3 Å². The molecule has 0 aliphatic carbocycles. The van der Waals surface area contributed by atoms with E-state index in [1.165, 1.54) is 37.8 Å². The molecule has 1 N–H and O–H groups in total. The van der Waals surface area contributed by atoms with Gasteiger partial charge in [0, 0.05) is 25.6 Å². The zero-order valence-corrected chi connectivity index (χ0v) is 15.3. The molecule has 7 nitrogen and oxygen atoms in total. The van der Waals surface area contributed by atoms with Crippen LogP contribution in [0.1, 0.15) is 23.8 Å². The Balaban J connectivity index is 2.28. The van der Waals surface area contributed by atoms with E-state index < -0.39 is 15.9 Å². The van der Waals surface area contributed by atoms with Gasteiger partial charge in [0.25, 0.3) is 15.9 Å². The molecule has 0 bridgehead atoms. The third-order valence-electron chi connectivity index (χ3n) is 3.17. The summed E-state index contributed by atoms with van der Waals surface area (Å²) in [5.41, 5.74) is 0.547. The number of anilines is 1. The van der Waals surface area contributed by atoms with Gasteiger partial charge in [-0.3, -0.25) is 14.8 Å². The number of carbonyl (C=O) groups excluding carboxylic acids is 1. The zero-order valence-electron chi connectivity index (χ0n) is 13.7. The van der Waals surface area contributed by atoms with E-state index >= 15 is 0 Å². The highest BCUT2D eigenvalue weighted by atomic mass is 35.5. The van der Waals surface area contributed by atoms with Crippen molar-refractivity contribution in [2.75, 3.05) is 12.4 Å². The number of allylic oxidation sites excluding steroid dienone is 2. The number of carbonyl (C=O) groups is 1. The summed E-state index contributed by atoms with van der Waals surface area (Å²) in [4.78, 5) is 19.7. The number of pyridine rings is 1. The Labute approximate surface area is 151 Å². The number of hydrogen-bond donors (Lipinski definition) is 1. The second-order valence-corrected chi connectivity index (χ2v) is 7.06. The monoisotopic (exact) mass is 380 g/mol. The Hall–Kier alpha value is -2.45. The zero-order chi connectivity index (χ0) is 18.4. The molecule has 25 heavy (non-hydrogen) atoms. The lowest BCUT2D eigenvalue weighted by Crippen LogP contribution is -2.17. The molecule has 0 spiro atoms. The first-order chi connectivity index (χ1) is 11.9. The molecule has 0 unspecified atom stereocenters. The van der Waals surface area contributed by atoms with Crippen LogP contribution in [0.3, 0.4) is 0 Å². The van der Waals surface area contributed by atoms with Crippen LogP contribution in [-0.2, 0) is 10.0 Å². The highest BCUT2D eigenvalue weighted by Crippen LogP contribution is 2.19. The van der Waals surface area contributed by atoms with Crippen LogP contribution in [-0.4, -0.2) is 35.5 Å². The highest BCUT2D eigenvalue weighted by molar-refractivity contribution is 7.95. The molecule has 0 radical (unpaired) electrons. The van der Waals surface area contributed by atoms with Crippen LogP contribution in [0.25, 0.3) is 0 Å². The van der Waals surface area contributed by atoms with Gasteiger partial charge in [0.1, 0.15) is 15.8 Å². The normalized spacial score (nSPS) is 12.9. The first kappa shape index (κ1) is 18.9. The first-order valence-electron chi connectivity index (χ1n) is 7.39. The van der Waals surface area contributed by atoms with E-state index in [1.807, 2.05) is 0 Å². The van der Waals surface area contributed by atoms with Gasteiger partial charge >= 0.3 is 0 Å². The van der Waals surface area contributed by atoms with Crippen LogP contribution < -0.4 is 5.32 Å². The largest absolute Gasteiger partial charge is 0.319 e. The lowest BCUT2D eigenvalue weighted by Gasteiger charge is -2.08. The van der Waals surface area contributed by atoms with Crippen LogP contribution in [0.4, 0.5) is 5.69 Å². The van der Waals surface area contributed by atoms with Crippen molar-refractivity contribution in [1.29, 1.82) is 0 Å². The van der Waals surface area contributed by atoms with Crippen molar-refractivity contribution in [3.63, 3.8) is 0 Å². The molecule has 0 atom stereocenters. The van der Waals surface area contributed by atoms with E-state index in [-0.39, 0.29) is 15.8 Å². The lowest BCUT2D eigenvalue weighted by molar-refractivity contribution is 0.102. The predicted octanol–water partition coefficient (Wildman–Crippen LogP) is 2.87. The molecule has 0 saturated heterocycles. The summed E-state index contributed by atoms with van der Waals surface area (Å²) >= 11 is 5.93. The third kappa shape index (κ3) is 4.34. The van der Waals surface area contributed by atoms with Gasteiger partial charge < -0.3 is 5.32 Å². The van der Waals surface area contributed by atoms with Crippen molar-refractivity contribution in [2.24, 2.45) is 4.99 Å². The summed E-state index contributed by atoms with van der Waals surface area (Å²) < 4.78 is 26.4. The molecule has 9 heteroatoms. The minimum atomic E-state index is -3.91. The molecule has 2 aromatic heterocycles. The number of aromatic nitrogens is 2. The number of halogens is 1. The van der Waals surface area contributed by atoms with Crippen molar-refractivity contribution < 1.29 is 13.2 Å². The Morgan fingerprint density at radius 1 is 1.40 bits per heavy atom. The summed E-state index contributed by atoms with van der Waals surface area (Å²) in [5.74, 6) is -0.437. The summed E-state index contributed by atoms with van der Waals surface area (Å²) in [6, 6.07) is 6.41. The fraction of sp³-hybridized carbons (Fsp3) is 0.188. The van der Waals surface area contributed by atoms with Crippen LogP contribution >= 0.6 is 11.6 Å². The fourth-order valence-corrected chi connectivity index (χ4v) is 3.75. The van der Waals surface area contributed by atoms with Gasteiger partial charge in [-0.15, -0.1) is 0 Å². The lowest BCUT2D eigenvalue weighted by atomic mass is 10.3. The SMILES string of the molecule is CC/C=C(\C(Cl)=NC)S(=O)(=O)n1ccc(NC(=O)c2ccccn2)c1. The van der Waals surface area contributed by atoms with Gasteiger partial charge in [0.15, 0.2) is 0 Å². The highest BCUT2D eigenvalue weighted by Gasteiger charge is 2.23. The molecular weight excluding hydrogens is 364 g/mol. The van der Waals surface area contributed by atoms with E-state index in [2.05, 4.69) is 15.3 Å². The van der Waals surface area contributed by atoms with E-state index in [0.717, 1.165) is 3.97 Å². The maximum atomic E-state index is 12.7. The molecule has 2 aromatic rings. The quantitative estimate of drug-likeness (QED) is 0.779. The summed E-state index contributed by atoms with van der Waals surface area (Å²) in [6.07, 6.45) is 6.08.